The lowest BCUT2D eigenvalue weighted by Crippen LogP contribution is -2.69. The molecule has 0 bridgehead atoms. The number of carbonyl (C=O) groups excluding carboxylic acids is 1. The zero-order valence-corrected chi connectivity index (χ0v) is 22.8. The Morgan fingerprint density at radius 3 is 2.72 bits per heavy atom. The van der Waals surface area contributed by atoms with Gasteiger partial charge < -0.3 is 10.2 Å². The second-order valence-electron chi connectivity index (χ2n) is 11.2. The molecule has 6 nitrogen and oxygen atoms in total. The van der Waals surface area contributed by atoms with Crippen molar-refractivity contribution in [1.29, 1.82) is 0 Å². The summed E-state index contributed by atoms with van der Waals surface area (Å²) in [5.41, 5.74) is -4.88. The highest BCUT2D eigenvalue weighted by Gasteiger charge is 2.75. The van der Waals surface area contributed by atoms with Crippen LogP contribution in [0.5, 0.6) is 0 Å². The monoisotopic (exact) mass is 535 g/mol. The van der Waals surface area contributed by atoms with Crippen LogP contribution in [0.2, 0.25) is 0 Å². The van der Waals surface area contributed by atoms with E-state index in [1.807, 2.05) is 25.3 Å². The fourth-order valence-electron chi connectivity index (χ4n) is 7.81. The number of aliphatic hydroxyl groups excluding tert-OH is 1. The molecule has 1 aromatic heterocycles. The van der Waals surface area contributed by atoms with E-state index in [-0.39, 0.29) is 24.5 Å². The van der Waals surface area contributed by atoms with Gasteiger partial charge in [-0.05, 0) is 75.5 Å². The van der Waals surface area contributed by atoms with Gasteiger partial charge in [0, 0.05) is 28.7 Å². The van der Waals surface area contributed by atoms with Gasteiger partial charge in [0.1, 0.15) is 0 Å². The lowest BCUT2D eigenvalue weighted by molar-refractivity contribution is -0.293. The van der Waals surface area contributed by atoms with Crippen molar-refractivity contribution in [2.75, 3.05) is 13.3 Å². The van der Waals surface area contributed by atoms with Gasteiger partial charge in [-0.25, -0.2) is 9.18 Å². The largest absolute Gasteiger partial charge is 0.479 e. The van der Waals surface area contributed by atoms with Crippen molar-refractivity contribution in [3.8, 4) is 0 Å². The SMILES string of the molecule is CSc1ccc(CN(C)O[C@]2(C(=O)O)CC[C@H]3[C@@H]4CCC5=CC(=O)C=C[C@]5(C)[C@@]4(F)[C@@H](O)C[C@@]32C)s1. The Bertz CT molecular complexity index is 1150. The van der Waals surface area contributed by atoms with E-state index in [1.165, 1.54) is 16.4 Å². The molecule has 0 radical (unpaired) electrons. The number of ketones is 1. The van der Waals surface area contributed by atoms with Gasteiger partial charge in [-0.2, -0.15) is 5.06 Å². The summed E-state index contributed by atoms with van der Waals surface area (Å²) in [6.07, 6.45) is 6.92. The summed E-state index contributed by atoms with van der Waals surface area (Å²) in [4.78, 5) is 32.3. The standard InChI is InChI=1S/C27H34FNO5S2/c1-24-11-9-17(30)13-16(24)5-7-20-19-10-12-26(23(32)33,25(19,2)14-21(31)27(20,24)28)34-29(3)15-18-6-8-22(35-4)36-18/h6,8-9,11,13,19-21,31H,5,7,10,12,14-15H2,1-4H3,(H,32,33)/t19-,20-,21-,24-,25-,26-,27-/m0/s1. The van der Waals surface area contributed by atoms with Crippen LogP contribution in [0.15, 0.2) is 40.1 Å². The molecule has 5 rings (SSSR count). The van der Waals surface area contributed by atoms with Crippen molar-refractivity contribution in [2.24, 2.45) is 22.7 Å². The first kappa shape index (κ1) is 26.1. The highest BCUT2D eigenvalue weighted by Crippen LogP contribution is 2.70. The summed E-state index contributed by atoms with van der Waals surface area (Å²) < 4.78 is 18.4. The molecule has 3 fully saturated rings. The van der Waals surface area contributed by atoms with E-state index in [1.54, 1.807) is 48.2 Å². The molecule has 0 saturated heterocycles. The van der Waals surface area contributed by atoms with Crippen LogP contribution >= 0.6 is 23.1 Å². The molecule has 196 valence electrons. The first-order chi connectivity index (χ1) is 16.9. The Kier molecular flexibility index (Phi) is 6.35. The number of aliphatic carboxylic acids is 1. The molecule has 4 aliphatic rings. The van der Waals surface area contributed by atoms with Crippen molar-refractivity contribution in [2.45, 2.75) is 74.1 Å². The second kappa shape index (κ2) is 8.76. The molecular formula is C27H34FNO5S2. The minimum absolute atomic E-state index is 0.0227. The molecular weight excluding hydrogens is 501 g/mol. The van der Waals surface area contributed by atoms with E-state index in [0.29, 0.717) is 25.8 Å². The van der Waals surface area contributed by atoms with Crippen molar-refractivity contribution in [3.63, 3.8) is 0 Å². The predicted molar refractivity (Wildman–Crippen MR) is 137 cm³/mol. The summed E-state index contributed by atoms with van der Waals surface area (Å²) in [6, 6.07) is 4.05. The summed E-state index contributed by atoms with van der Waals surface area (Å²) in [7, 11) is 1.74. The van der Waals surface area contributed by atoms with Gasteiger partial charge in [0.25, 0.3) is 0 Å². The summed E-state index contributed by atoms with van der Waals surface area (Å²) in [5.74, 6) is -2.04. The van der Waals surface area contributed by atoms with Crippen LogP contribution in [0, 0.1) is 22.7 Å². The number of carboxylic acids is 1. The fourth-order valence-corrected chi connectivity index (χ4v) is 9.45. The molecule has 4 aliphatic carbocycles. The van der Waals surface area contributed by atoms with Gasteiger partial charge in [0.15, 0.2) is 17.1 Å². The number of rotatable bonds is 6. The van der Waals surface area contributed by atoms with Crippen LogP contribution in [0.1, 0.15) is 50.8 Å². The normalized spacial score (nSPS) is 41.6. The van der Waals surface area contributed by atoms with E-state index in [4.69, 9.17) is 4.84 Å². The van der Waals surface area contributed by atoms with E-state index >= 15 is 4.39 Å². The molecule has 7 atom stereocenters. The Labute approximate surface area is 219 Å². The molecule has 9 heteroatoms. The van der Waals surface area contributed by atoms with E-state index in [0.717, 1.165) is 10.5 Å². The summed E-state index contributed by atoms with van der Waals surface area (Å²) in [5, 5.41) is 23.6. The molecule has 0 spiro atoms. The number of hydrogen-bond acceptors (Lipinski definition) is 7. The molecule has 1 aromatic rings. The van der Waals surface area contributed by atoms with Crippen molar-refractivity contribution in [3.05, 3.63) is 40.8 Å². The summed E-state index contributed by atoms with van der Waals surface area (Å²) >= 11 is 3.30. The number of nitrogens with zero attached hydrogens (tertiary/aromatic N) is 1. The third-order valence-corrected chi connectivity index (χ3v) is 11.8. The van der Waals surface area contributed by atoms with Gasteiger partial charge in [-0.15, -0.1) is 23.1 Å². The topological polar surface area (TPSA) is 87.1 Å². The molecule has 1 heterocycles. The number of thiophene rings is 1. The van der Waals surface area contributed by atoms with E-state index in [2.05, 4.69) is 0 Å². The van der Waals surface area contributed by atoms with Gasteiger partial charge in [-0.3, -0.25) is 9.63 Å². The van der Waals surface area contributed by atoms with Crippen molar-refractivity contribution in [1.82, 2.24) is 5.06 Å². The molecule has 2 N–H and O–H groups in total. The first-order valence-corrected chi connectivity index (χ1v) is 14.5. The minimum atomic E-state index is -1.98. The van der Waals surface area contributed by atoms with Crippen LogP contribution < -0.4 is 0 Å². The molecule has 3 saturated carbocycles. The van der Waals surface area contributed by atoms with Gasteiger partial charge >= 0.3 is 5.97 Å². The average molecular weight is 536 g/mol. The Balaban J connectivity index is 1.47. The lowest BCUT2D eigenvalue weighted by atomic mass is 9.45. The van der Waals surface area contributed by atoms with Crippen LogP contribution in [0.4, 0.5) is 4.39 Å². The van der Waals surface area contributed by atoms with Crippen LogP contribution in [0.3, 0.4) is 0 Å². The van der Waals surface area contributed by atoms with E-state index < -0.39 is 40.1 Å². The number of hydroxylamine groups is 2. The Hall–Kier alpha value is -1.52. The van der Waals surface area contributed by atoms with E-state index in [9.17, 15) is 19.8 Å². The molecule has 0 aliphatic heterocycles. The third-order valence-electron chi connectivity index (χ3n) is 9.63. The number of halogens is 1. The number of aliphatic hydroxyl groups is 1. The Morgan fingerprint density at radius 2 is 2.06 bits per heavy atom. The molecule has 0 aromatic carbocycles. The minimum Gasteiger partial charge on any atom is -0.479 e. The van der Waals surface area contributed by atoms with Crippen molar-refractivity contribution >= 4 is 34.9 Å². The summed E-state index contributed by atoms with van der Waals surface area (Å²) in [6.45, 7) is 4.07. The van der Waals surface area contributed by atoms with Crippen LogP contribution in [-0.4, -0.2) is 57.7 Å². The zero-order valence-electron chi connectivity index (χ0n) is 21.1. The quantitative estimate of drug-likeness (QED) is 0.390. The van der Waals surface area contributed by atoms with Gasteiger partial charge in [0.2, 0.25) is 0 Å². The van der Waals surface area contributed by atoms with Gasteiger partial charge in [-0.1, -0.05) is 18.6 Å². The predicted octanol–water partition coefficient (Wildman–Crippen LogP) is 5.03. The Morgan fingerprint density at radius 1 is 1.31 bits per heavy atom. The maximum absolute atomic E-state index is 17.3. The van der Waals surface area contributed by atoms with Crippen molar-refractivity contribution < 1.29 is 29.0 Å². The fraction of sp³-hybridized carbons (Fsp3) is 0.630. The maximum atomic E-state index is 17.3. The van der Waals surface area contributed by atoms with Gasteiger partial charge in [0.05, 0.1) is 16.9 Å². The first-order valence-electron chi connectivity index (χ1n) is 12.5. The lowest BCUT2D eigenvalue weighted by Gasteiger charge is -2.62. The second-order valence-corrected chi connectivity index (χ2v) is 13.5. The zero-order chi connectivity index (χ0) is 26.1. The smallest absolute Gasteiger partial charge is 0.338 e. The number of fused-ring (bicyclic) bond motifs is 5. The average Bonchev–Trinajstić information content (AvgIpc) is 3.38. The number of carboxylic acid groups (broad SMARTS) is 1. The molecule has 0 amide bonds. The van der Waals surface area contributed by atoms with Crippen LogP contribution in [-0.2, 0) is 21.0 Å². The number of thioether (sulfide) groups is 1. The maximum Gasteiger partial charge on any atom is 0.338 e. The van der Waals surface area contributed by atoms with Crippen LogP contribution in [0.25, 0.3) is 0 Å². The number of hydrogen-bond donors (Lipinski definition) is 2. The molecule has 36 heavy (non-hydrogen) atoms. The third kappa shape index (κ3) is 3.46. The number of carbonyl (C=O) groups is 2. The highest BCUT2D eigenvalue weighted by atomic mass is 32.2. The number of alkyl halides is 1. The number of allylic oxidation sites excluding steroid dienone is 4. The molecule has 0 unspecified atom stereocenters. The highest BCUT2D eigenvalue weighted by molar-refractivity contribution is 8.00.